The molecular weight excluding hydrogens is 276 g/mol. The minimum Gasteiger partial charge on any atom is -0.379 e. The molecule has 5 nitrogen and oxygen atoms in total. The molecule has 20 heavy (non-hydrogen) atoms. The van der Waals surface area contributed by atoms with Gasteiger partial charge in [0.1, 0.15) is 4.88 Å². The molecule has 1 aliphatic heterocycles. The number of rotatable bonds is 5. The Morgan fingerprint density at radius 2 is 2.50 bits per heavy atom. The standard InChI is InChI=1S/C14H20N2O3S/c1-10(2)3-6-19-12-4-5-18-8-11(12)16-14(17)13-7-15-9-20-13/h3,7,9,11-12H,4-6,8H2,1-2H3,(H,16,17)/t11-,12+/m1/s1. The first-order valence-corrected chi connectivity index (χ1v) is 7.57. The maximum Gasteiger partial charge on any atom is 0.263 e. The molecule has 1 aromatic heterocycles. The van der Waals surface area contributed by atoms with Gasteiger partial charge < -0.3 is 14.8 Å². The lowest BCUT2D eigenvalue weighted by atomic mass is 10.1. The lowest BCUT2D eigenvalue weighted by Gasteiger charge is -2.31. The Kier molecular flexibility index (Phi) is 5.70. The van der Waals surface area contributed by atoms with E-state index < -0.39 is 0 Å². The van der Waals surface area contributed by atoms with Gasteiger partial charge in [-0.05, 0) is 20.3 Å². The fourth-order valence-electron chi connectivity index (χ4n) is 1.96. The van der Waals surface area contributed by atoms with E-state index >= 15 is 0 Å². The van der Waals surface area contributed by atoms with Crippen LogP contribution in [-0.4, -0.2) is 42.9 Å². The SMILES string of the molecule is CC(C)=CCO[C@H]1CCOC[C@H]1NC(=O)c1cncs1. The molecule has 6 heteroatoms. The van der Waals surface area contributed by atoms with Gasteiger partial charge in [0, 0.05) is 6.61 Å². The van der Waals surface area contributed by atoms with Crippen LogP contribution in [0.1, 0.15) is 29.9 Å². The van der Waals surface area contributed by atoms with Crippen LogP contribution >= 0.6 is 11.3 Å². The second-order valence-corrected chi connectivity index (χ2v) is 5.85. The molecule has 1 N–H and O–H groups in total. The zero-order valence-electron chi connectivity index (χ0n) is 11.8. The van der Waals surface area contributed by atoms with Crippen molar-refractivity contribution in [2.24, 2.45) is 0 Å². The number of carbonyl (C=O) groups is 1. The van der Waals surface area contributed by atoms with Crippen molar-refractivity contribution < 1.29 is 14.3 Å². The van der Waals surface area contributed by atoms with E-state index in [-0.39, 0.29) is 18.1 Å². The van der Waals surface area contributed by atoms with E-state index in [1.807, 2.05) is 19.9 Å². The van der Waals surface area contributed by atoms with Crippen molar-refractivity contribution in [1.29, 1.82) is 0 Å². The Morgan fingerprint density at radius 3 is 3.20 bits per heavy atom. The van der Waals surface area contributed by atoms with E-state index in [0.29, 0.717) is 24.7 Å². The van der Waals surface area contributed by atoms with Gasteiger partial charge in [0.15, 0.2) is 0 Å². The summed E-state index contributed by atoms with van der Waals surface area (Å²) in [5.41, 5.74) is 2.87. The quantitative estimate of drug-likeness (QED) is 0.844. The average molecular weight is 296 g/mol. The van der Waals surface area contributed by atoms with Crippen molar-refractivity contribution in [3.05, 3.63) is 28.2 Å². The van der Waals surface area contributed by atoms with Gasteiger partial charge in [-0.15, -0.1) is 11.3 Å². The Bertz CT molecular complexity index is 455. The fourth-order valence-corrected chi connectivity index (χ4v) is 2.48. The third-order valence-electron chi connectivity index (χ3n) is 3.07. The summed E-state index contributed by atoms with van der Waals surface area (Å²) in [5.74, 6) is -0.112. The maximum absolute atomic E-state index is 12.0. The highest BCUT2D eigenvalue weighted by atomic mass is 32.1. The molecule has 110 valence electrons. The van der Waals surface area contributed by atoms with Gasteiger partial charge in [0.25, 0.3) is 5.91 Å². The lowest BCUT2D eigenvalue weighted by molar-refractivity contribution is -0.0457. The number of hydrogen-bond acceptors (Lipinski definition) is 5. The molecule has 1 saturated heterocycles. The number of thiazole rings is 1. The van der Waals surface area contributed by atoms with Crippen molar-refractivity contribution in [3.8, 4) is 0 Å². The van der Waals surface area contributed by atoms with Gasteiger partial charge in [0.05, 0.1) is 37.1 Å². The molecule has 2 rings (SSSR count). The van der Waals surface area contributed by atoms with Gasteiger partial charge in [-0.1, -0.05) is 11.6 Å². The molecule has 1 amide bonds. The first kappa shape index (κ1) is 15.2. The summed E-state index contributed by atoms with van der Waals surface area (Å²) < 4.78 is 11.3. The highest BCUT2D eigenvalue weighted by Gasteiger charge is 2.28. The van der Waals surface area contributed by atoms with Gasteiger partial charge in [-0.3, -0.25) is 9.78 Å². The van der Waals surface area contributed by atoms with Crippen LogP contribution in [0.2, 0.25) is 0 Å². The molecule has 1 fully saturated rings. The van der Waals surface area contributed by atoms with Gasteiger partial charge in [-0.25, -0.2) is 0 Å². The van der Waals surface area contributed by atoms with Crippen LogP contribution in [-0.2, 0) is 9.47 Å². The van der Waals surface area contributed by atoms with Crippen molar-refractivity contribution in [2.75, 3.05) is 19.8 Å². The second kappa shape index (κ2) is 7.52. The molecule has 0 spiro atoms. The number of nitrogens with one attached hydrogen (secondary N) is 1. The summed E-state index contributed by atoms with van der Waals surface area (Å²) in [5, 5.41) is 2.97. The molecule has 0 aromatic carbocycles. The number of nitrogens with zero attached hydrogens (tertiary/aromatic N) is 1. The molecule has 0 saturated carbocycles. The molecular formula is C14H20N2O3S. The second-order valence-electron chi connectivity index (χ2n) is 4.96. The van der Waals surface area contributed by atoms with E-state index in [4.69, 9.17) is 9.47 Å². The smallest absolute Gasteiger partial charge is 0.263 e. The number of aromatic nitrogens is 1. The third-order valence-corrected chi connectivity index (χ3v) is 3.84. The Balaban J connectivity index is 1.89. The monoisotopic (exact) mass is 296 g/mol. The number of allylic oxidation sites excluding steroid dienone is 1. The van der Waals surface area contributed by atoms with E-state index in [1.165, 1.54) is 16.9 Å². The molecule has 0 unspecified atom stereocenters. The summed E-state index contributed by atoms with van der Waals surface area (Å²) >= 11 is 1.33. The predicted octanol–water partition coefficient (Wildman–Crippen LogP) is 2.01. The number of hydrogen-bond donors (Lipinski definition) is 1. The van der Waals surface area contributed by atoms with Crippen LogP contribution in [0.3, 0.4) is 0 Å². The van der Waals surface area contributed by atoms with Crippen LogP contribution in [0.5, 0.6) is 0 Å². The Hall–Kier alpha value is -1.24. The molecule has 0 radical (unpaired) electrons. The first-order valence-electron chi connectivity index (χ1n) is 6.69. The third kappa shape index (κ3) is 4.40. The minimum absolute atomic E-state index is 0.00350. The van der Waals surface area contributed by atoms with Gasteiger partial charge in [0.2, 0.25) is 0 Å². The van der Waals surface area contributed by atoms with Crippen LogP contribution in [0.15, 0.2) is 23.4 Å². The van der Waals surface area contributed by atoms with Crippen molar-refractivity contribution in [3.63, 3.8) is 0 Å². The van der Waals surface area contributed by atoms with Crippen LogP contribution < -0.4 is 5.32 Å². The largest absolute Gasteiger partial charge is 0.379 e. The minimum atomic E-state index is -0.112. The predicted molar refractivity (Wildman–Crippen MR) is 78.0 cm³/mol. The Labute approximate surface area is 123 Å². The molecule has 1 aromatic rings. The first-order chi connectivity index (χ1) is 9.66. The molecule has 0 bridgehead atoms. The summed E-state index contributed by atoms with van der Waals surface area (Å²) in [4.78, 5) is 16.6. The number of amides is 1. The van der Waals surface area contributed by atoms with Crippen LogP contribution in [0.4, 0.5) is 0 Å². The Morgan fingerprint density at radius 1 is 1.65 bits per heavy atom. The lowest BCUT2D eigenvalue weighted by Crippen LogP contribution is -2.50. The molecule has 0 aliphatic carbocycles. The van der Waals surface area contributed by atoms with Crippen LogP contribution in [0.25, 0.3) is 0 Å². The van der Waals surface area contributed by atoms with Gasteiger partial charge in [-0.2, -0.15) is 0 Å². The highest BCUT2D eigenvalue weighted by Crippen LogP contribution is 2.14. The number of carbonyl (C=O) groups excluding carboxylic acids is 1. The highest BCUT2D eigenvalue weighted by molar-refractivity contribution is 7.11. The molecule has 2 atom stereocenters. The summed E-state index contributed by atoms with van der Waals surface area (Å²) in [6.07, 6.45) is 4.40. The van der Waals surface area contributed by atoms with E-state index in [0.717, 1.165) is 6.42 Å². The van der Waals surface area contributed by atoms with Crippen LogP contribution in [0, 0.1) is 0 Å². The zero-order valence-corrected chi connectivity index (χ0v) is 12.6. The molecule has 2 heterocycles. The topological polar surface area (TPSA) is 60.5 Å². The van der Waals surface area contributed by atoms with E-state index in [1.54, 1.807) is 11.7 Å². The maximum atomic E-state index is 12.0. The zero-order chi connectivity index (χ0) is 14.4. The van der Waals surface area contributed by atoms with Crippen molar-refractivity contribution >= 4 is 17.2 Å². The van der Waals surface area contributed by atoms with Gasteiger partial charge >= 0.3 is 0 Å². The van der Waals surface area contributed by atoms with E-state index in [2.05, 4.69) is 10.3 Å². The molecule has 1 aliphatic rings. The average Bonchev–Trinajstić information content (AvgIpc) is 2.94. The summed E-state index contributed by atoms with van der Waals surface area (Å²) in [6, 6.07) is -0.107. The van der Waals surface area contributed by atoms with Crippen molar-refractivity contribution in [2.45, 2.75) is 32.4 Å². The normalized spacial score (nSPS) is 22.3. The van der Waals surface area contributed by atoms with E-state index in [9.17, 15) is 4.79 Å². The summed E-state index contributed by atoms with van der Waals surface area (Å²) in [6.45, 7) is 5.81. The summed E-state index contributed by atoms with van der Waals surface area (Å²) in [7, 11) is 0. The number of ether oxygens (including phenoxy) is 2. The fraction of sp³-hybridized carbons (Fsp3) is 0.571. The van der Waals surface area contributed by atoms with Crippen molar-refractivity contribution in [1.82, 2.24) is 10.3 Å².